The molecule has 19 heavy (non-hydrogen) atoms. The van der Waals surface area contributed by atoms with Crippen molar-refractivity contribution in [2.45, 2.75) is 65.0 Å². The van der Waals surface area contributed by atoms with Gasteiger partial charge in [-0.25, -0.2) is 0 Å². The van der Waals surface area contributed by atoms with Crippen LogP contribution in [-0.2, 0) is 4.79 Å². The maximum Gasteiger partial charge on any atom is 0.234 e. The normalized spacial score (nSPS) is 21.4. The summed E-state index contributed by atoms with van der Waals surface area (Å²) in [5.74, 6) is 0.0823. The van der Waals surface area contributed by atoms with E-state index in [1.807, 2.05) is 20.8 Å². The van der Waals surface area contributed by atoms with Gasteiger partial charge in [0.05, 0.1) is 6.54 Å². The molecule has 4 nitrogen and oxygen atoms in total. The molecule has 1 saturated heterocycles. The molecule has 1 fully saturated rings. The first kappa shape index (κ1) is 16.4. The van der Waals surface area contributed by atoms with E-state index < -0.39 is 0 Å². The first-order valence-corrected chi connectivity index (χ1v) is 7.64. The average molecular weight is 269 g/mol. The predicted molar refractivity (Wildman–Crippen MR) is 80.3 cm³/mol. The highest BCUT2D eigenvalue weighted by molar-refractivity contribution is 5.78. The highest BCUT2D eigenvalue weighted by Gasteiger charge is 2.17. The summed E-state index contributed by atoms with van der Waals surface area (Å²) in [6.07, 6.45) is 5.17. The molecule has 0 saturated carbocycles. The summed E-state index contributed by atoms with van der Waals surface area (Å²) in [5, 5.41) is 6.18. The Balaban J connectivity index is 2.03. The summed E-state index contributed by atoms with van der Waals surface area (Å²) in [6, 6.07) is 0.734. The third-order valence-corrected chi connectivity index (χ3v) is 3.54. The maximum atomic E-state index is 11.6. The topological polar surface area (TPSA) is 44.4 Å². The van der Waals surface area contributed by atoms with Crippen LogP contribution in [0.25, 0.3) is 0 Å². The molecule has 1 aliphatic rings. The molecule has 2 N–H and O–H groups in total. The van der Waals surface area contributed by atoms with Gasteiger partial charge in [0.2, 0.25) is 5.91 Å². The first-order valence-electron chi connectivity index (χ1n) is 7.64. The van der Waals surface area contributed by atoms with Crippen molar-refractivity contribution < 1.29 is 4.79 Å². The van der Waals surface area contributed by atoms with Crippen molar-refractivity contribution in [3.8, 4) is 0 Å². The molecule has 0 aromatic carbocycles. The summed E-state index contributed by atoms with van der Waals surface area (Å²) in [7, 11) is 0. The Hall–Kier alpha value is -0.610. The SMILES string of the molecule is CC1CCCCN1CCCNCC(=O)NC(C)(C)C. The summed E-state index contributed by atoms with van der Waals surface area (Å²) in [5.41, 5.74) is -0.137. The number of nitrogens with zero attached hydrogens (tertiary/aromatic N) is 1. The van der Waals surface area contributed by atoms with Crippen molar-refractivity contribution in [3.63, 3.8) is 0 Å². The number of piperidine rings is 1. The number of hydrogen-bond acceptors (Lipinski definition) is 3. The summed E-state index contributed by atoms with van der Waals surface area (Å²) < 4.78 is 0. The minimum absolute atomic E-state index is 0.0823. The average Bonchev–Trinajstić information content (AvgIpc) is 2.28. The molecule has 0 aromatic rings. The zero-order valence-corrected chi connectivity index (χ0v) is 13.1. The highest BCUT2D eigenvalue weighted by Crippen LogP contribution is 2.15. The smallest absolute Gasteiger partial charge is 0.234 e. The van der Waals surface area contributed by atoms with Crippen LogP contribution >= 0.6 is 0 Å². The lowest BCUT2D eigenvalue weighted by Gasteiger charge is -2.33. The van der Waals surface area contributed by atoms with Crippen LogP contribution in [0.1, 0.15) is 53.4 Å². The van der Waals surface area contributed by atoms with Crippen molar-refractivity contribution in [2.24, 2.45) is 0 Å². The Bertz CT molecular complexity index is 273. The second-order valence-corrected chi connectivity index (χ2v) is 6.71. The van der Waals surface area contributed by atoms with Crippen LogP contribution in [0.4, 0.5) is 0 Å². The van der Waals surface area contributed by atoms with E-state index in [9.17, 15) is 4.79 Å². The number of nitrogens with one attached hydrogen (secondary N) is 2. The predicted octanol–water partition coefficient (Wildman–Crippen LogP) is 1.76. The lowest BCUT2D eigenvalue weighted by molar-refractivity contribution is -0.121. The van der Waals surface area contributed by atoms with Gasteiger partial charge in [0.15, 0.2) is 0 Å². The number of amides is 1. The maximum absolute atomic E-state index is 11.6. The van der Waals surface area contributed by atoms with Crippen LogP contribution in [0, 0.1) is 0 Å². The van der Waals surface area contributed by atoms with Crippen LogP contribution in [0.5, 0.6) is 0 Å². The standard InChI is InChI=1S/C15H31N3O/c1-13-8-5-6-10-18(13)11-7-9-16-12-14(19)17-15(2,3)4/h13,16H,5-12H2,1-4H3,(H,17,19). The Morgan fingerprint density at radius 2 is 2.05 bits per heavy atom. The van der Waals surface area contributed by atoms with Crippen LogP contribution in [0.15, 0.2) is 0 Å². The van der Waals surface area contributed by atoms with E-state index in [2.05, 4.69) is 22.5 Å². The van der Waals surface area contributed by atoms with E-state index in [0.29, 0.717) is 6.54 Å². The number of rotatable bonds is 6. The van der Waals surface area contributed by atoms with Gasteiger partial charge in [-0.05, 0) is 66.6 Å². The molecule has 1 unspecified atom stereocenters. The van der Waals surface area contributed by atoms with Crippen molar-refractivity contribution in [1.29, 1.82) is 0 Å². The molecule has 1 atom stereocenters. The van der Waals surface area contributed by atoms with Gasteiger partial charge in [0, 0.05) is 11.6 Å². The van der Waals surface area contributed by atoms with E-state index in [1.54, 1.807) is 0 Å². The van der Waals surface area contributed by atoms with Gasteiger partial charge in [0.25, 0.3) is 0 Å². The van der Waals surface area contributed by atoms with E-state index in [-0.39, 0.29) is 11.4 Å². The zero-order chi connectivity index (χ0) is 14.3. The lowest BCUT2D eigenvalue weighted by Crippen LogP contribution is -2.45. The molecule has 1 aliphatic heterocycles. The molecule has 1 heterocycles. The molecular formula is C15H31N3O. The highest BCUT2D eigenvalue weighted by atomic mass is 16.2. The largest absolute Gasteiger partial charge is 0.350 e. The van der Waals surface area contributed by atoms with Crippen LogP contribution < -0.4 is 10.6 Å². The Morgan fingerprint density at radius 3 is 2.68 bits per heavy atom. The minimum atomic E-state index is -0.137. The summed E-state index contributed by atoms with van der Waals surface area (Å²) >= 11 is 0. The van der Waals surface area contributed by atoms with Crippen LogP contribution in [-0.4, -0.2) is 48.6 Å². The van der Waals surface area contributed by atoms with E-state index >= 15 is 0 Å². The van der Waals surface area contributed by atoms with Crippen LogP contribution in [0.3, 0.4) is 0 Å². The molecule has 0 aromatic heterocycles. The van der Waals surface area contributed by atoms with Crippen molar-refractivity contribution >= 4 is 5.91 Å². The molecule has 0 radical (unpaired) electrons. The number of carbonyl (C=O) groups is 1. The number of hydrogen-bond donors (Lipinski definition) is 2. The molecule has 0 aliphatic carbocycles. The first-order chi connectivity index (χ1) is 8.88. The number of carbonyl (C=O) groups excluding carboxylic acids is 1. The molecule has 4 heteroatoms. The lowest BCUT2D eigenvalue weighted by atomic mass is 10.0. The van der Waals surface area contributed by atoms with Gasteiger partial charge in [-0.2, -0.15) is 0 Å². The summed E-state index contributed by atoms with van der Waals surface area (Å²) in [6.45, 7) is 12.1. The van der Waals surface area contributed by atoms with Gasteiger partial charge >= 0.3 is 0 Å². The van der Waals surface area contributed by atoms with Crippen molar-refractivity contribution in [1.82, 2.24) is 15.5 Å². The Labute approximate surface area is 118 Å². The van der Waals surface area contributed by atoms with Gasteiger partial charge in [-0.15, -0.1) is 0 Å². The molecule has 1 rings (SSSR count). The fraction of sp³-hybridized carbons (Fsp3) is 0.933. The summed E-state index contributed by atoms with van der Waals surface area (Å²) in [4.78, 5) is 14.2. The second-order valence-electron chi connectivity index (χ2n) is 6.71. The monoisotopic (exact) mass is 269 g/mol. The Kier molecular flexibility index (Phi) is 6.80. The van der Waals surface area contributed by atoms with Crippen molar-refractivity contribution in [2.75, 3.05) is 26.2 Å². The van der Waals surface area contributed by atoms with Crippen LogP contribution in [0.2, 0.25) is 0 Å². The third-order valence-electron chi connectivity index (χ3n) is 3.54. The van der Waals surface area contributed by atoms with Gasteiger partial charge < -0.3 is 15.5 Å². The second kappa shape index (κ2) is 7.85. The fourth-order valence-corrected chi connectivity index (χ4v) is 2.56. The third kappa shape index (κ3) is 7.53. The van der Waals surface area contributed by atoms with E-state index in [4.69, 9.17) is 0 Å². The zero-order valence-electron chi connectivity index (χ0n) is 13.1. The van der Waals surface area contributed by atoms with Gasteiger partial charge in [-0.3, -0.25) is 4.79 Å². The molecular weight excluding hydrogens is 238 g/mol. The van der Waals surface area contributed by atoms with Gasteiger partial charge in [-0.1, -0.05) is 6.42 Å². The minimum Gasteiger partial charge on any atom is -0.350 e. The molecule has 0 bridgehead atoms. The fourth-order valence-electron chi connectivity index (χ4n) is 2.56. The Morgan fingerprint density at radius 1 is 1.32 bits per heavy atom. The van der Waals surface area contributed by atoms with Crippen molar-refractivity contribution in [3.05, 3.63) is 0 Å². The van der Waals surface area contributed by atoms with E-state index in [1.165, 1.54) is 25.8 Å². The number of likely N-dealkylation sites (tertiary alicyclic amines) is 1. The molecule has 0 spiro atoms. The molecule has 1 amide bonds. The van der Waals surface area contributed by atoms with Gasteiger partial charge in [0.1, 0.15) is 0 Å². The van der Waals surface area contributed by atoms with E-state index in [0.717, 1.165) is 25.6 Å². The molecule has 112 valence electrons. The quantitative estimate of drug-likeness (QED) is 0.722.